The predicted molar refractivity (Wildman–Crippen MR) is 114 cm³/mol. The molecule has 2 heterocycles. The minimum atomic E-state index is -0.566. The molecule has 3 aromatic rings. The summed E-state index contributed by atoms with van der Waals surface area (Å²) >= 11 is 8.54. The molecule has 0 aliphatic heterocycles. The molecule has 0 atom stereocenters. The molecule has 7 heteroatoms. The summed E-state index contributed by atoms with van der Waals surface area (Å²) in [5, 5.41) is 13.9. The molecule has 4 rings (SSSR count). The van der Waals surface area contributed by atoms with Crippen LogP contribution in [0.1, 0.15) is 34.4 Å². The predicted octanol–water partition coefficient (Wildman–Crippen LogP) is 4.96. The van der Waals surface area contributed by atoms with Gasteiger partial charge in [-0.1, -0.05) is 23.7 Å². The fraction of sp³-hybridized carbons (Fsp3) is 0.238. The average Bonchev–Trinajstić information content (AvgIpc) is 3.11. The van der Waals surface area contributed by atoms with Crippen molar-refractivity contribution in [1.82, 2.24) is 10.5 Å². The SMILES string of the molecule is O=C(/C=C/c1cccc(NCc2cnc3sc4c(c3c2Cl)CCCC4)c1)NO. The number of aromatic nitrogens is 1. The van der Waals surface area contributed by atoms with Crippen molar-refractivity contribution in [2.45, 2.75) is 32.2 Å². The number of thiophene rings is 1. The zero-order valence-corrected chi connectivity index (χ0v) is 16.7. The van der Waals surface area contributed by atoms with Gasteiger partial charge in [0.15, 0.2) is 0 Å². The first-order chi connectivity index (χ1) is 13.7. The molecular formula is C21H20ClN3O2S. The van der Waals surface area contributed by atoms with Gasteiger partial charge >= 0.3 is 0 Å². The summed E-state index contributed by atoms with van der Waals surface area (Å²) in [6, 6.07) is 7.66. The summed E-state index contributed by atoms with van der Waals surface area (Å²) in [6.07, 6.45) is 9.44. The van der Waals surface area contributed by atoms with Gasteiger partial charge in [-0.3, -0.25) is 10.0 Å². The topological polar surface area (TPSA) is 74.2 Å². The van der Waals surface area contributed by atoms with Crippen molar-refractivity contribution in [2.24, 2.45) is 0 Å². The van der Waals surface area contributed by atoms with Crippen molar-refractivity contribution in [3.63, 3.8) is 0 Å². The second-order valence-electron chi connectivity index (χ2n) is 6.78. The van der Waals surface area contributed by atoms with Gasteiger partial charge in [-0.05, 0) is 55.0 Å². The van der Waals surface area contributed by atoms with E-state index in [0.29, 0.717) is 6.54 Å². The van der Waals surface area contributed by atoms with E-state index in [4.69, 9.17) is 16.8 Å². The second kappa shape index (κ2) is 8.31. The van der Waals surface area contributed by atoms with Gasteiger partial charge in [0.1, 0.15) is 4.83 Å². The first kappa shape index (κ1) is 18.9. The van der Waals surface area contributed by atoms with Crippen molar-refractivity contribution in [3.8, 4) is 0 Å². The number of hydrogen-bond donors (Lipinski definition) is 3. The lowest BCUT2D eigenvalue weighted by Crippen LogP contribution is -2.14. The maximum absolute atomic E-state index is 11.1. The first-order valence-corrected chi connectivity index (χ1v) is 10.4. The Bertz CT molecular complexity index is 1060. The third-order valence-electron chi connectivity index (χ3n) is 4.90. The van der Waals surface area contributed by atoms with E-state index in [1.54, 1.807) is 22.9 Å². The second-order valence-corrected chi connectivity index (χ2v) is 8.24. The average molecular weight is 414 g/mol. The highest BCUT2D eigenvalue weighted by Gasteiger charge is 2.20. The molecule has 0 radical (unpaired) electrons. The van der Waals surface area contributed by atoms with Crippen molar-refractivity contribution in [3.05, 3.63) is 63.1 Å². The molecule has 3 N–H and O–H groups in total. The van der Waals surface area contributed by atoms with E-state index in [1.807, 2.05) is 30.5 Å². The number of amides is 1. The molecule has 0 spiro atoms. The lowest BCUT2D eigenvalue weighted by atomic mass is 9.96. The van der Waals surface area contributed by atoms with Gasteiger partial charge in [-0.2, -0.15) is 0 Å². The van der Waals surface area contributed by atoms with Crippen LogP contribution in [0.3, 0.4) is 0 Å². The summed E-state index contributed by atoms with van der Waals surface area (Å²) < 4.78 is 0. The maximum atomic E-state index is 11.1. The zero-order valence-electron chi connectivity index (χ0n) is 15.2. The highest BCUT2D eigenvalue weighted by molar-refractivity contribution is 7.19. The molecule has 1 aliphatic rings. The van der Waals surface area contributed by atoms with E-state index >= 15 is 0 Å². The van der Waals surface area contributed by atoms with Crippen molar-refractivity contribution in [2.75, 3.05) is 5.32 Å². The lowest BCUT2D eigenvalue weighted by Gasteiger charge is -2.12. The molecule has 0 unspecified atom stereocenters. The molecule has 0 fully saturated rings. The Morgan fingerprint density at radius 3 is 3.04 bits per heavy atom. The molecule has 28 heavy (non-hydrogen) atoms. The molecule has 2 aromatic heterocycles. The van der Waals surface area contributed by atoms with Gasteiger partial charge in [-0.15, -0.1) is 11.3 Å². The number of anilines is 1. The summed E-state index contributed by atoms with van der Waals surface area (Å²) in [4.78, 5) is 18.2. The third kappa shape index (κ3) is 3.90. The number of nitrogens with one attached hydrogen (secondary N) is 2. The Labute approximate surface area is 172 Å². The highest BCUT2D eigenvalue weighted by Crippen LogP contribution is 2.40. The maximum Gasteiger partial charge on any atom is 0.267 e. The van der Waals surface area contributed by atoms with Crippen LogP contribution in [-0.4, -0.2) is 16.1 Å². The Hall–Kier alpha value is -2.41. The number of aryl methyl sites for hydroxylation is 2. The van der Waals surface area contributed by atoms with Crippen LogP contribution in [0.5, 0.6) is 0 Å². The number of pyridine rings is 1. The number of nitrogens with zero attached hydrogens (tertiary/aromatic N) is 1. The van der Waals surface area contributed by atoms with Crippen molar-refractivity contribution in [1.29, 1.82) is 0 Å². The van der Waals surface area contributed by atoms with E-state index in [-0.39, 0.29) is 0 Å². The molecular weight excluding hydrogens is 394 g/mol. The monoisotopic (exact) mass is 413 g/mol. The normalized spacial score (nSPS) is 13.6. The summed E-state index contributed by atoms with van der Waals surface area (Å²) in [7, 11) is 0. The van der Waals surface area contributed by atoms with Gasteiger partial charge in [0.25, 0.3) is 5.91 Å². The molecule has 144 valence electrons. The number of fused-ring (bicyclic) bond motifs is 3. The van der Waals surface area contributed by atoms with E-state index < -0.39 is 5.91 Å². The fourth-order valence-corrected chi connectivity index (χ4v) is 5.12. The minimum absolute atomic E-state index is 0.566. The Balaban J connectivity index is 1.54. The fourth-order valence-electron chi connectivity index (χ4n) is 3.50. The third-order valence-corrected chi connectivity index (χ3v) is 6.53. The summed E-state index contributed by atoms with van der Waals surface area (Å²) in [6.45, 7) is 0.566. The molecule has 1 amide bonds. The molecule has 1 aromatic carbocycles. The molecule has 0 bridgehead atoms. The van der Waals surface area contributed by atoms with E-state index in [9.17, 15) is 4.79 Å². The van der Waals surface area contributed by atoms with Crippen LogP contribution in [0.2, 0.25) is 5.02 Å². The van der Waals surface area contributed by atoms with Crippen molar-refractivity contribution < 1.29 is 10.0 Å². The Morgan fingerprint density at radius 1 is 1.32 bits per heavy atom. The molecule has 5 nitrogen and oxygen atoms in total. The number of benzene rings is 1. The molecule has 0 saturated heterocycles. The van der Waals surface area contributed by atoms with Gasteiger partial charge in [0.05, 0.1) is 5.02 Å². The summed E-state index contributed by atoms with van der Waals surface area (Å²) in [5.41, 5.74) is 5.70. The first-order valence-electron chi connectivity index (χ1n) is 9.19. The highest BCUT2D eigenvalue weighted by atomic mass is 35.5. The van der Waals surface area contributed by atoms with E-state index in [0.717, 1.165) is 44.9 Å². The number of hydrogen-bond acceptors (Lipinski definition) is 5. The number of hydroxylamine groups is 1. The van der Waals surface area contributed by atoms with Gasteiger partial charge in [0, 0.05) is 40.3 Å². The number of rotatable bonds is 5. The largest absolute Gasteiger partial charge is 0.381 e. The van der Waals surface area contributed by atoms with Crippen LogP contribution in [0.15, 0.2) is 36.5 Å². The number of halogens is 1. The van der Waals surface area contributed by atoms with Crippen LogP contribution >= 0.6 is 22.9 Å². The van der Waals surface area contributed by atoms with Crippen molar-refractivity contribution >= 4 is 50.8 Å². The smallest absolute Gasteiger partial charge is 0.267 e. The van der Waals surface area contributed by atoms with E-state index in [2.05, 4.69) is 10.3 Å². The number of carbonyl (C=O) groups is 1. The van der Waals surface area contributed by atoms with Crippen LogP contribution < -0.4 is 10.8 Å². The van der Waals surface area contributed by atoms with Crippen LogP contribution in [0, 0.1) is 0 Å². The van der Waals surface area contributed by atoms with E-state index in [1.165, 1.54) is 29.4 Å². The van der Waals surface area contributed by atoms with Crippen LogP contribution in [0.4, 0.5) is 5.69 Å². The summed E-state index contributed by atoms with van der Waals surface area (Å²) in [5.74, 6) is -0.566. The zero-order chi connectivity index (χ0) is 19.5. The number of carbonyl (C=O) groups excluding carboxylic acids is 1. The standard InChI is InChI=1S/C21H20ClN3O2S/c22-20-14(12-24-21-19(20)16-6-1-2-7-17(16)28-21)11-23-15-5-3-4-13(10-15)8-9-18(26)25-27/h3-5,8-10,12,23,27H,1-2,6-7,11H2,(H,25,26)/b9-8+. The quantitative estimate of drug-likeness (QED) is 0.314. The van der Waals surface area contributed by atoms with Gasteiger partial charge < -0.3 is 5.32 Å². The molecule has 1 aliphatic carbocycles. The van der Waals surface area contributed by atoms with Crippen LogP contribution in [0.25, 0.3) is 16.3 Å². The Kier molecular flexibility index (Phi) is 5.62. The van der Waals surface area contributed by atoms with Gasteiger partial charge in [0.2, 0.25) is 0 Å². The Morgan fingerprint density at radius 2 is 2.18 bits per heavy atom. The van der Waals surface area contributed by atoms with Crippen LogP contribution in [-0.2, 0) is 24.2 Å². The van der Waals surface area contributed by atoms with Gasteiger partial charge in [-0.25, -0.2) is 10.5 Å². The molecule has 0 saturated carbocycles. The lowest BCUT2D eigenvalue weighted by molar-refractivity contribution is -0.124. The minimum Gasteiger partial charge on any atom is -0.381 e.